The van der Waals surface area contributed by atoms with Gasteiger partial charge in [0.25, 0.3) is 10.0 Å². The number of anilines is 1. The van der Waals surface area contributed by atoms with E-state index < -0.39 is 10.0 Å². The zero-order valence-corrected chi connectivity index (χ0v) is 13.9. The number of aromatic nitrogens is 2. The van der Waals surface area contributed by atoms with Crippen LogP contribution in [-0.2, 0) is 10.0 Å². The molecule has 0 fully saturated rings. The quantitative estimate of drug-likeness (QED) is 0.762. The molecule has 1 aromatic carbocycles. The molecule has 100 valence electrons. The van der Waals surface area contributed by atoms with Crippen LogP contribution >= 0.6 is 43.5 Å². The van der Waals surface area contributed by atoms with Crippen LogP contribution in [-0.4, -0.2) is 18.4 Å². The normalized spacial score (nSPS) is 11.3. The fourth-order valence-corrected chi connectivity index (χ4v) is 4.09. The predicted octanol–water partition coefficient (Wildman–Crippen LogP) is 3.46. The molecule has 1 aromatic heterocycles. The van der Waals surface area contributed by atoms with Gasteiger partial charge in [-0.3, -0.25) is 0 Å². The van der Waals surface area contributed by atoms with Gasteiger partial charge in [0.15, 0.2) is 0 Å². The van der Waals surface area contributed by atoms with Gasteiger partial charge in [-0.1, -0.05) is 27.5 Å². The number of nitrogens with one attached hydrogen (secondary N) is 1. The molecular weight excluding hydrogens is 421 g/mol. The number of hydrogen-bond acceptors (Lipinski definition) is 4. The van der Waals surface area contributed by atoms with Crippen molar-refractivity contribution in [2.75, 3.05) is 4.72 Å². The Kier molecular flexibility index (Phi) is 4.44. The third-order valence-corrected chi connectivity index (χ3v) is 5.04. The summed E-state index contributed by atoms with van der Waals surface area (Å²) in [7, 11) is -3.78. The van der Waals surface area contributed by atoms with Gasteiger partial charge < -0.3 is 0 Å². The Hall–Kier alpha value is -0.700. The molecule has 0 unspecified atom stereocenters. The standard InChI is InChI=1S/C10H6Br2ClN3O2S/c11-6-1-2-8(7(12)5-6)19(17,18)16-10-14-4-3-9(13)15-10/h1-5H,(H,14,15,16). The van der Waals surface area contributed by atoms with Gasteiger partial charge >= 0.3 is 0 Å². The molecule has 2 rings (SSSR count). The Morgan fingerprint density at radius 1 is 1.21 bits per heavy atom. The van der Waals surface area contributed by atoms with Gasteiger partial charge in [0.1, 0.15) is 10.0 Å². The zero-order chi connectivity index (χ0) is 14.0. The summed E-state index contributed by atoms with van der Waals surface area (Å²) < 4.78 is 27.8. The second-order valence-electron chi connectivity index (χ2n) is 3.38. The summed E-state index contributed by atoms with van der Waals surface area (Å²) in [6, 6.07) is 6.17. The van der Waals surface area contributed by atoms with E-state index in [1.165, 1.54) is 18.3 Å². The minimum absolute atomic E-state index is 0.0812. The minimum Gasteiger partial charge on any atom is -0.247 e. The molecule has 19 heavy (non-hydrogen) atoms. The molecule has 0 saturated carbocycles. The summed E-state index contributed by atoms with van der Waals surface area (Å²) in [6.07, 6.45) is 1.36. The van der Waals surface area contributed by atoms with Crippen molar-refractivity contribution in [2.45, 2.75) is 4.90 Å². The van der Waals surface area contributed by atoms with Gasteiger partial charge in [0, 0.05) is 15.1 Å². The number of benzene rings is 1. The van der Waals surface area contributed by atoms with Crippen molar-refractivity contribution in [3.05, 3.63) is 44.6 Å². The first-order valence-electron chi connectivity index (χ1n) is 4.85. The molecule has 0 atom stereocenters. The SMILES string of the molecule is O=S(=O)(Nc1nccc(Cl)n1)c1ccc(Br)cc1Br. The lowest BCUT2D eigenvalue weighted by Crippen LogP contribution is -2.15. The van der Waals surface area contributed by atoms with Gasteiger partial charge in [-0.2, -0.15) is 0 Å². The third-order valence-electron chi connectivity index (χ3n) is 2.03. The van der Waals surface area contributed by atoms with Crippen molar-refractivity contribution in [1.29, 1.82) is 0 Å². The van der Waals surface area contributed by atoms with E-state index in [9.17, 15) is 8.42 Å². The number of rotatable bonds is 3. The summed E-state index contributed by atoms with van der Waals surface area (Å²) in [5, 5.41) is 0.155. The van der Waals surface area contributed by atoms with Gasteiger partial charge in [-0.15, -0.1) is 0 Å². The Bertz CT molecular complexity index is 724. The largest absolute Gasteiger partial charge is 0.265 e. The number of halogens is 3. The van der Waals surface area contributed by atoms with Crippen molar-refractivity contribution < 1.29 is 8.42 Å². The Morgan fingerprint density at radius 2 is 1.95 bits per heavy atom. The van der Waals surface area contributed by atoms with Gasteiger partial charge in [-0.05, 0) is 40.2 Å². The summed E-state index contributed by atoms with van der Waals surface area (Å²) in [5.74, 6) is -0.0812. The number of hydrogen-bond donors (Lipinski definition) is 1. The second kappa shape index (κ2) is 5.74. The van der Waals surface area contributed by atoms with Crippen molar-refractivity contribution >= 4 is 59.4 Å². The van der Waals surface area contributed by atoms with Crippen LogP contribution in [0, 0.1) is 0 Å². The first-order valence-corrected chi connectivity index (χ1v) is 8.29. The van der Waals surface area contributed by atoms with Crippen molar-refractivity contribution in [2.24, 2.45) is 0 Å². The van der Waals surface area contributed by atoms with Gasteiger partial charge in [0.05, 0.1) is 0 Å². The molecule has 0 bridgehead atoms. The number of sulfonamides is 1. The molecule has 0 amide bonds. The summed E-state index contributed by atoms with van der Waals surface area (Å²) in [5.41, 5.74) is 0. The highest BCUT2D eigenvalue weighted by atomic mass is 79.9. The van der Waals surface area contributed by atoms with Crippen LogP contribution in [0.1, 0.15) is 0 Å². The van der Waals surface area contributed by atoms with Crippen LogP contribution in [0.3, 0.4) is 0 Å². The minimum atomic E-state index is -3.78. The van der Waals surface area contributed by atoms with Crippen molar-refractivity contribution in [1.82, 2.24) is 9.97 Å². The molecule has 9 heteroatoms. The van der Waals surface area contributed by atoms with Crippen LogP contribution in [0.25, 0.3) is 0 Å². The van der Waals surface area contributed by atoms with Gasteiger partial charge in [-0.25, -0.2) is 23.1 Å². The first kappa shape index (κ1) is 14.7. The maximum Gasteiger partial charge on any atom is 0.265 e. The molecule has 0 radical (unpaired) electrons. The average Bonchev–Trinajstić information content (AvgIpc) is 2.27. The van der Waals surface area contributed by atoms with Crippen LogP contribution in [0.15, 0.2) is 44.3 Å². The zero-order valence-electron chi connectivity index (χ0n) is 9.14. The lowest BCUT2D eigenvalue weighted by atomic mass is 10.4. The molecule has 0 aliphatic rings. The van der Waals surface area contributed by atoms with E-state index in [0.29, 0.717) is 4.47 Å². The molecule has 0 aliphatic heterocycles. The van der Waals surface area contributed by atoms with E-state index in [2.05, 4.69) is 46.5 Å². The topological polar surface area (TPSA) is 72.0 Å². The van der Waals surface area contributed by atoms with Gasteiger partial charge in [0.2, 0.25) is 5.95 Å². The monoisotopic (exact) mass is 425 g/mol. The highest BCUT2D eigenvalue weighted by molar-refractivity contribution is 9.11. The average molecular weight is 428 g/mol. The molecule has 0 saturated heterocycles. The van der Waals surface area contributed by atoms with Crippen molar-refractivity contribution in [3.63, 3.8) is 0 Å². The highest BCUT2D eigenvalue weighted by Gasteiger charge is 2.19. The predicted molar refractivity (Wildman–Crippen MR) is 79.7 cm³/mol. The molecule has 5 nitrogen and oxygen atoms in total. The van der Waals surface area contributed by atoms with Crippen LogP contribution in [0.2, 0.25) is 5.15 Å². The first-order chi connectivity index (χ1) is 8.88. The molecular formula is C10H6Br2ClN3O2S. The van der Waals surface area contributed by atoms with Crippen molar-refractivity contribution in [3.8, 4) is 0 Å². The fraction of sp³-hybridized carbons (Fsp3) is 0. The maximum atomic E-state index is 12.2. The maximum absolute atomic E-state index is 12.2. The third kappa shape index (κ3) is 3.65. The molecule has 0 aliphatic carbocycles. The van der Waals surface area contributed by atoms with Crippen LogP contribution in [0.5, 0.6) is 0 Å². The molecule has 2 aromatic rings. The highest BCUT2D eigenvalue weighted by Crippen LogP contribution is 2.26. The smallest absolute Gasteiger partial charge is 0.247 e. The molecule has 0 spiro atoms. The number of nitrogens with zero attached hydrogens (tertiary/aromatic N) is 2. The van der Waals surface area contributed by atoms with E-state index in [1.54, 1.807) is 12.1 Å². The lowest BCUT2D eigenvalue weighted by molar-refractivity contribution is 0.600. The van der Waals surface area contributed by atoms with Crippen LogP contribution in [0.4, 0.5) is 5.95 Å². The Morgan fingerprint density at radius 3 is 2.58 bits per heavy atom. The van der Waals surface area contributed by atoms with E-state index in [-0.39, 0.29) is 16.0 Å². The Labute approximate surface area is 131 Å². The summed E-state index contributed by atoms with van der Waals surface area (Å²) in [4.78, 5) is 7.64. The lowest BCUT2D eigenvalue weighted by Gasteiger charge is -2.08. The second-order valence-corrected chi connectivity index (χ2v) is 7.19. The van der Waals surface area contributed by atoms with E-state index in [0.717, 1.165) is 4.47 Å². The molecule has 1 N–H and O–H groups in total. The Balaban J connectivity index is 2.38. The summed E-state index contributed by atoms with van der Waals surface area (Å²) >= 11 is 12.1. The molecule has 1 heterocycles. The van der Waals surface area contributed by atoms with E-state index in [4.69, 9.17) is 11.6 Å². The summed E-state index contributed by atoms with van der Waals surface area (Å²) in [6.45, 7) is 0. The fourth-order valence-electron chi connectivity index (χ4n) is 1.25. The van der Waals surface area contributed by atoms with E-state index >= 15 is 0 Å². The van der Waals surface area contributed by atoms with E-state index in [1.807, 2.05) is 0 Å². The van der Waals surface area contributed by atoms with Crippen LogP contribution < -0.4 is 4.72 Å².